The van der Waals surface area contributed by atoms with Crippen LogP contribution >= 0.6 is 0 Å². The minimum absolute atomic E-state index is 0.00747. The Bertz CT molecular complexity index is 645. The Morgan fingerprint density at radius 1 is 1.22 bits per heavy atom. The molecule has 0 aliphatic rings. The lowest BCUT2D eigenvalue weighted by Gasteiger charge is -2.14. The lowest BCUT2D eigenvalue weighted by molar-refractivity contribution is -0.121. The topological polar surface area (TPSA) is 51.5 Å². The Balaban J connectivity index is 1.87. The summed E-state index contributed by atoms with van der Waals surface area (Å²) in [7, 11) is 1.62. The van der Waals surface area contributed by atoms with Crippen molar-refractivity contribution in [1.82, 2.24) is 5.32 Å². The normalized spacial score (nSPS) is 12.6. The van der Waals surface area contributed by atoms with Crippen LogP contribution in [0.15, 0.2) is 28.7 Å². The maximum absolute atomic E-state index is 12.1. The van der Waals surface area contributed by atoms with E-state index in [0.29, 0.717) is 11.7 Å². The molecule has 1 N–H and O–H groups in total. The Hall–Kier alpha value is -1.97. The van der Waals surface area contributed by atoms with Gasteiger partial charge in [-0.15, -0.1) is 0 Å². The predicted molar refractivity (Wildman–Crippen MR) is 92.8 cm³/mol. The standard InChI is InChI=1S/C19H27NO3/c1-13(2)6-5-7-14(3)20-19(21)12-17-10-15-8-9-16(22-4)11-18(15)23-17/h8-11,13-14H,5-7,12H2,1-4H3,(H,20,21). The molecule has 1 amide bonds. The van der Waals surface area contributed by atoms with Crippen molar-refractivity contribution in [2.75, 3.05) is 7.11 Å². The van der Waals surface area contributed by atoms with Gasteiger partial charge in [-0.1, -0.05) is 26.7 Å². The zero-order chi connectivity index (χ0) is 16.8. The molecule has 2 rings (SSSR count). The van der Waals surface area contributed by atoms with Crippen molar-refractivity contribution in [2.45, 2.75) is 52.5 Å². The number of hydrogen-bond donors (Lipinski definition) is 1. The molecular weight excluding hydrogens is 290 g/mol. The molecular formula is C19H27NO3. The molecule has 4 nitrogen and oxygen atoms in total. The number of fused-ring (bicyclic) bond motifs is 1. The molecule has 126 valence electrons. The molecule has 1 heterocycles. The van der Waals surface area contributed by atoms with E-state index in [1.165, 1.54) is 6.42 Å². The Labute approximate surface area is 138 Å². The second-order valence-corrected chi connectivity index (χ2v) is 6.59. The molecule has 2 aromatic rings. The number of ether oxygens (including phenoxy) is 1. The number of furan rings is 1. The second-order valence-electron chi connectivity index (χ2n) is 6.59. The van der Waals surface area contributed by atoms with Crippen molar-refractivity contribution in [3.63, 3.8) is 0 Å². The Kier molecular flexibility index (Phi) is 6.08. The molecule has 0 saturated carbocycles. The first-order valence-corrected chi connectivity index (χ1v) is 8.33. The summed E-state index contributed by atoms with van der Waals surface area (Å²) in [5, 5.41) is 4.03. The largest absolute Gasteiger partial charge is 0.497 e. The maximum atomic E-state index is 12.1. The number of rotatable bonds is 8. The summed E-state index contributed by atoms with van der Waals surface area (Å²) in [5.41, 5.74) is 0.747. The lowest BCUT2D eigenvalue weighted by Crippen LogP contribution is -2.33. The van der Waals surface area contributed by atoms with E-state index in [1.807, 2.05) is 24.3 Å². The number of amides is 1. The first kappa shape index (κ1) is 17.4. The molecule has 0 saturated heterocycles. The monoisotopic (exact) mass is 317 g/mol. The number of carbonyl (C=O) groups is 1. The van der Waals surface area contributed by atoms with Gasteiger partial charge >= 0.3 is 0 Å². The average molecular weight is 317 g/mol. The van der Waals surface area contributed by atoms with E-state index >= 15 is 0 Å². The van der Waals surface area contributed by atoms with Crippen molar-refractivity contribution in [3.05, 3.63) is 30.0 Å². The maximum Gasteiger partial charge on any atom is 0.227 e. The van der Waals surface area contributed by atoms with Gasteiger partial charge in [-0.25, -0.2) is 0 Å². The summed E-state index contributed by atoms with van der Waals surface area (Å²) in [5.74, 6) is 2.15. The molecule has 0 spiro atoms. The molecule has 1 aromatic heterocycles. The van der Waals surface area contributed by atoms with Crippen LogP contribution in [0.5, 0.6) is 5.75 Å². The predicted octanol–water partition coefficient (Wildman–Crippen LogP) is 4.31. The van der Waals surface area contributed by atoms with E-state index in [9.17, 15) is 4.79 Å². The second kappa shape index (κ2) is 8.04. The Morgan fingerprint density at radius 3 is 2.70 bits per heavy atom. The lowest BCUT2D eigenvalue weighted by atomic mass is 10.0. The van der Waals surface area contributed by atoms with Gasteiger partial charge < -0.3 is 14.5 Å². The molecule has 0 fully saturated rings. The molecule has 0 bridgehead atoms. The van der Waals surface area contributed by atoms with Crippen molar-refractivity contribution < 1.29 is 13.9 Å². The third-order valence-corrected chi connectivity index (χ3v) is 3.94. The van der Waals surface area contributed by atoms with Crippen LogP contribution in [-0.2, 0) is 11.2 Å². The molecule has 0 aliphatic carbocycles. The average Bonchev–Trinajstić information content (AvgIpc) is 2.87. The molecule has 1 atom stereocenters. The summed E-state index contributed by atoms with van der Waals surface area (Å²) in [4.78, 5) is 12.1. The quantitative estimate of drug-likeness (QED) is 0.789. The highest BCUT2D eigenvalue weighted by Crippen LogP contribution is 2.24. The fourth-order valence-corrected chi connectivity index (χ4v) is 2.67. The van der Waals surface area contributed by atoms with Crippen LogP contribution in [0.4, 0.5) is 0 Å². The van der Waals surface area contributed by atoms with Gasteiger partial charge in [0.15, 0.2) is 0 Å². The van der Waals surface area contributed by atoms with E-state index in [0.717, 1.165) is 29.6 Å². The summed E-state index contributed by atoms with van der Waals surface area (Å²) < 4.78 is 10.9. The van der Waals surface area contributed by atoms with E-state index < -0.39 is 0 Å². The van der Waals surface area contributed by atoms with Crippen LogP contribution in [0.2, 0.25) is 0 Å². The van der Waals surface area contributed by atoms with Gasteiger partial charge in [-0.3, -0.25) is 4.79 Å². The number of hydrogen-bond acceptors (Lipinski definition) is 3. The summed E-state index contributed by atoms with van der Waals surface area (Å²) in [6.07, 6.45) is 3.63. The summed E-state index contributed by atoms with van der Waals surface area (Å²) >= 11 is 0. The summed E-state index contributed by atoms with van der Waals surface area (Å²) in [6.45, 7) is 6.50. The van der Waals surface area contributed by atoms with Crippen LogP contribution in [0.25, 0.3) is 11.0 Å². The van der Waals surface area contributed by atoms with E-state index in [4.69, 9.17) is 9.15 Å². The highest BCUT2D eigenvalue weighted by atomic mass is 16.5. The van der Waals surface area contributed by atoms with E-state index in [2.05, 4.69) is 26.1 Å². The minimum atomic E-state index is 0.00747. The van der Waals surface area contributed by atoms with Crippen LogP contribution < -0.4 is 10.1 Å². The third kappa shape index (κ3) is 5.31. The fourth-order valence-electron chi connectivity index (χ4n) is 2.67. The van der Waals surface area contributed by atoms with Crippen LogP contribution in [-0.4, -0.2) is 19.1 Å². The molecule has 4 heteroatoms. The number of carbonyl (C=O) groups excluding carboxylic acids is 1. The van der Waals surface area contributed by atoms with Gasteiger partial charge in [-0.2, -0.15) is 0 Å². The number of nitrogens with one attached hydrogen (secondary N) is 1. The zero-order valence-electron chi connectivity index (χ0n) is 14.5. The fraction of sp³-hybridized carbons (Fsp3) is 0.526. The molecule has 1 aromatic carbocycles. The smallest absolute Gasteiger partial charge is 0.227 e. The van der Waals surface area contributed by atoms with E-state index in [1.54, 1.807) is 7.11 Å². The van der Waals surface area contributed by atoms with Crippen LogP contribution in [0.1, 0.15) is 45.8 Å². The highest BCUT2D eigenvalue weighted by molar-refractivity contribution is 5.83. The van der Waals surface area contributed by atoms with Gasteiger partial charge in [0.05, 0.1) is 13.5 Å². The van der Waals surface area contributed by atoms with Crippen molar-refractivity contribution in [2.24, 2.45) is 5.92 Å². The van der Waals surface area contributed by atoms with Gasteiger partial charge in [0, 0.05) is 17.5 Å². The first-order chi connectivity index (χ1) is 11.0. The van der Waals surface area contributed by atoms with Gasteiger partial charge in [0.25, 0.3) is 0 Å². The molecule has 0 radical (unpaired) electrons. The highest BCUT2D eigenvalue weighted by Gasteiger charge is 2.12. The number of methoxy groups -OCH3 is 1. The van der Waals surface area contributed by atoms with Crippen molar-refractivity contribution >= 4 is 16.9 Å². The molecule has 1 unspecified atom stereocenters. The first-order valence-electron chi connectivity index (χ1n) is 8.33. The molecule has 23 heavy (non-hydrogen) atoms. The SMILES string of the molecule is COc1ccc2cc(CC(=O)NC(C)CCCC(C)C)oc2c1. The summed E-state index contributed by atoms with van der Waals surface area (Å²) in [6, 6.07) is 7.78. The number of benzene rings is 1. The minimum Gasteiger partial charge on any atom is -0.497 e. The van der Waals surface area contributed by atoms with Crippen LogP contribution in [0.3, 0.4) is 0 Å². The third-order valence-electron chi connectivity index (χ3n) is 3.94. The van der Waals surface area contributed by atoms with E-state index in [-0.39, 0.29) is 18.4 Å². The van der Waals surface area contributed by atoms with Gasteiger partial charge in [-0.05, 0) is 37.5 Å². The molecule has 0 aliphatic heterocycles. The van der Waals surface area contributed by atoms with Crippen molar-refractivity contribution in [3.8, 4) is 5.75 Å². The van der Waals surface area contributed by atoms with Gasteiger partial charge in [0.2, 0.25) is 5.91 Å². The van der Waals surface area contributed by atoms with Crippen LogP contribution in [0, 0.1) is 5.92 Å². The van der Waals surface area contributed by atoms with Crippen molar-refractivity contribution in [1.29, 1.82) is 0 Å². The Morgan fingerprint density at radius 2 is 2.00 bits per heavy atom. The zero-order valence-corrected chi connectivity index (χ0v) is 14.5. The van der Waals surface area contributed by atoms with Gasteiger partial charge in [0.1, 0.15) is 17.1 Å².